The highest BCUT2D eigenvalue weighted by molar-refractivity contribution is 9.10. The Bertz CT molecular complexity index is 1030. The van der Waals surface area contributed by atoms with Crippen molar-refractivity contribution < 1.29 is 19.7 Å². The summed E-state index contributed by atoms with van der Waals surface area (Å²) in [6, 6.07) is 13.8. The number of fused-ring (bicyclic) bond motifs is 1. The fraction of sp³-hybridized carbons (Fsp3) is 0.100. The lowest BCUT2D eigenvalue weighted by Crippen LogP contribution is -2.17. The molecule has 0 saturated carbocycles. The van der Waals surface area contributed by atoms with Crippen LogP contribution in [0, 0.1) is 0 Å². The SMILES string of the molecule is CCOc1cc(Br)cc(C=NNC(=O)c2cc3ccccc3cc2O)c1O. The highest BCUT2D eigenvalue weighted by atomic mass is 79.9. The summed E-state index contributed by atoms with van der Waals surface area (Å²) in [5.41, 5.74) is 2.84. The van der Waals surface area contributed by atoms with Crippen molar-refractivity contribution in [2.24, 2.45) is 5.10 Å². The van der Waals surface area contributed by atoms with Gasteiger partial charge >= 0.3 is 0 Å². The molecule has 138 valence electrons. The number of hydrogen-bond donors (Lipinski definition) is 3. The molecule has 0 aliphatic heterocycles. The van der Waals surface area contributed by atoms with Gasteiger partial charge in [0.1, 0.15) is 5.75 Å². The average molecular weight is 429 g/mol. The largest absolute Gasteiger partial charge is 0.507 e. The number of amides is 1. The van der Waals surface area contributed by atoms with Crippen LogP contribution < -0.4 is 10.2 Å². The molecule has 3 aromatic rings. The summed E-state index contributed by atoms with van der Waals surface area (Å²) in [5, 5.41) is 25.8. The van der Waals surface area contributed by atoms with E-state index in [0.717, 1.165) is 10.8 Å². The summed E-state index contributed by atoms with van der Waals surface area (Å²) in [5.74, 6) is -0.460. The van der Waals surface area contributed by atoms with Gasteiger partial charge in [-0.2, -0.15) is 5.10 Å². The van der Waals surface area contributed by atoms with E-state index in [0.29, 0.717) is 22.4 Å². The van der Waals surface area contributed by atoms with Crippen LogP contribution in [0.15, 0.2) is 58.1 Å². The van der Waals surface area contributed by atoms with Gasteiger partial charge < -0.3 is 14.9 Å². The fourth-order valence-corrected chi connectivity index (χ4v) is 3.04. The molecule has 0 aliphatic carbocycles. The molecule has 3 N–H and O–H groups in total. The Hall–Kier alpha value is -3.06. The van der Waals surface area contributed by atoms with Crippen molar-refractivity contribution in [1.29, 1.82) is 0 Å². The zero-order valence-corrected chi connectivity index (χ0v) is 16.0. The normalized spacial score (nSPS) is 11.0. The van der Waals surface area contributed by atoms with Crippen LogP contribution in [0.3, 0.4) is 0 Å². The first-order valence-corrected chi connectivity index (χ1v) is 8.99. The lowest BCUT2D eigenvalue weighted by molar-refractivity contribution is 0.0952. The second kappa shape index (κ2) is 8.09. The summed E-state index contributed by atoms with van der Waals surface area (Å²) >= 11 is 3.33. The molecule has 7 heteroatoms. The lowest BCUT2D eigenvalue weighted by atomic mass is 10.1. The van der Waals surface area contributed by atoms with Crippen LogP contribution in [0.4, 0.5) is 0 Å². The molecule has 0 fully saturated rings. The van der Waals surface area contributed by atoms with Gasteiger partial charge in [-0.3, -0.25) is 4.79 Å². The average Bonchev–Trinajstić information content (AvgIpc) is 2.64. The Morgan fingerprint density at radius 2 is 1.89 bits per heavy atom. The third-order valence-electron chi connectivity index (χ3n) is 3.85. The predicted octanol–water partition coefficient (Wildman–Crippen LogP) is 4.18. The molecule has 6 nitrogen and oxygen atoms in total. The molecule has 0 saturated heterocycles. The minimum atomic E-state index is -0.561. The molecule has 3 aromatic carbocycles. The van der Waals surface area contributed by atoms with E-state index in [2.05, 4.69) is 26.5 Å². The molecule has 0 aromatic heterocycles. The van der Waals surface area contributed by atoms with Gasteiger partial charge in [-0.1, -0.05) is 40.2 Å². The number of ether oxygens (including phenoxy) is 1. The molecule has 0 radical (unpaired) electrons. The standard InChI is InChI=1S/C20H17BrN2O4/c1-2-27-18-10-15(21)7-14(19(18)25)11-22-23-20(26)16-8-12-5-3-4-6-13(12)9-17(16)24/h3-11,24-25H,2H2,1H3,(H,23,26). The maximum atomic E-state index is 12.3. The van der Waals surface area contributed by atoms with Crippen molar-refractivity contribution in [3.05, 3.63) is 64.1 Å². The summed E-state index contributed by atoms with van der Waals surface area (Å²) < 4.78 is 6.05. The van der Waals surface area contributed by atoms with Gasteiger partial charge in [0.15, 0.2) is 11.5 Å². The number of phenolic OH excluding ortho intramolecular Hbond substituents is 2. The van der Waals surface area contributed by atoms with E-state index in [1.165, 1.54) is 12.3 Å². The number of halogens is 1. The molecule has 0 aliphatic rings. The second-order valence-corrected chi connectivity index (χ2v) is 6.61. The van der Waals surface area contributed by atoms with Crippen molar-refractivity contribution >= 4 is 38.8 Å². The number of rotatable bonds is 5. The third kappa shape index (κ3) is 4.20. The molecule has 0 bridgehead atoms. The monoisotopic (exact) mass is 428 g/mol. The van der Waals surface area contributed by atoms with Gasteiger partial charge in [-0.25, -0.2) is 5.43 Å². The van der Waals surface area contributed by atoms with Crippen molar-refractivity contribution in [3.63, 3.8) is 0 Å². The Balaban J connectivity index is 1.81. The number of aromatic hydroxyl groups is 2. The van der Waals surface area contributed by atoms with Gasteiger partial charge in [0.2, 0.25) is 0 Å². The van der Waals surface area contributed by atoms with Crippen molar-refractivity contribution in [3.8, 4) is 17.2 Å². The minimum absolute atomic E-state index is 0.0772. The van der Waals surface area contributed by atoms with Gasteiger partial charge in [0.05, 0.1) is 18.4 Å². The Kier molecular flexibility index (Phi) is 5.61. The number of benzene rings is 3. The first-order valence-electron chi connectivity index (χ1n) is 8.20. The quantitative estimate of drug-likeness (QED) is 0.419. The molecule has 3 rings (SSSR count). The maximum Gasteiger partial charge on any atom is 0.275 e. The second-order valence-electron chi connectivity index (χ2n) is 5.69. The van der Waals surface area contributed by atoms with E-state index >= 15 is 0 Å². The van der Waals surface area contributed by atoms with Crippen LogP contribution in [-0.2, 0) is 0 Å². The van der Waals surface area contributed by atoms with Crippen LogP contribution in [0.25, 0.3) is 10.8 Å². The van der Waals surface area contributed by atoms with Crippen molar-refractivity contribution in [2.45, 2.75) is 6.92 Å². The highest BCUT2D eigenvalue weighted by Gasteiger charge is 2.12. The number of phenols is 2. The van der Waals surface area contributed by atoms with E-state index < -0.39 is 5.91 Å². The number of nitrogens with one attached hydrogen (secondary N) is 1. The summed E-state index contributed by atoms with van der Waals surface area (Å²) in [7, 11) is 0. The predicted molar refractivity (Wildman–Crippen MR) is 108 cm³/mol. The Morgan fingerprint density at radius 3 is 2.59 bits per heavy atom. The summed E-state index contributed by atoms with van der Waals surface area (Å²) in [6.45, 7) is 2.21. The van der Waals surface area contributed by atoms with Crippen LogP contribution >= 0.6 is 15.9 Å². The summed E-state index contributed by atoms with van der Waals surface area (Å²) in [6.07, 6.45) is 1.30. The van der Waals surface area contributed by atoms with E-state index in [1.54, 1.807) is 18.2 Å². The number of hydrazone groups is 1. The molecule has 0 unspecified atom stereocenters. The molecule has 27 heavy (non-hydrogen) atoms. The zero-order chi connectivity index (χ0) is 19.4. The zero-order valence-electron chi connectivity index (χ0n) is 14.4. The van der Waals surface area contributed by atoms with Crippen LogP contribution in [0.2, 0.25) is 0 Å². The third-order valence-corrected chi connectivity index (χ3v) is 4.31. The van der Waals surface area contributed by atoms with Crippen molar-refractivity contribution in [1.82, 2.24) is 5.43 Å². The molecule has 0 atom stereocenters. The van der Waals surface area contributed by atoms with Crippen molar-refractivity contribution in [2.75, 3.05) is 6.61 Å². The first kappa shape index (κ1) is 18.7. The maximum absolute atomic E-state index is 12.3. The van der Waals surface area contributed by atoms with Crippen LogP contribution in [-0.4, -0.2) is 28.9 Å². The number of hydrogen-bond acceptors (Lipinski definition) is 5. The van der Waals surface area contributed by atoms with E-state index in [4.69, 9.17) is 4.74 Å². The number of carbonyl (C=O) groups excluding carboxylic acids is 1. The van der Waals surface area contributed by atoms with Gasteiger partial charge in [-0.15, -0.1) is 0 Å². The van der Waals surface area contributed by atoms with E-state index in [-0.39, 0.29) is 17.1 Å². The van der Waals surface area contributed by atoms with Crippen LogP contribution in [0.1, 0.15) is 22.8 Å². The smallest absolute Gasteiger partial charge is 0.275 e. The topological polar surface area (TPSA) is 91.2 Å². The van der Waals surface area contributed by atoms with E-state index in [9.17, 15) is 15.0 Å². The molecule has 1 amide bonds. The Morgan fingerprint density at radius 1 is 1.19 bits per heavy atom. The molecule has 0 spiro atoms. The van der Waals surface area contributed by atoms with E-state index in [1.807, 2.05) is 31.2 Å². The Labute approximate surface area is 164 Å². The van der Waals surface area contributed by atoms with Crippen LogP contribution in [0.5, 0.6) is 17.2 Å². The highest BCUT2D eigenvalue weighted by Crippen LogP contribution is 2.33. The molecule has 0 heterocycles. The molecular weight excluding hydrogens is 412 g/mol. The number of nitrogens with zero attached hydrogens (tertiary/aromatic N) is 1. The minimum Gasteiger partial charge on any atom is -0.507 e. The van der Waals surface area contributed by atoms with Gasteiger partial charge in [-0.05, 0) is 42.0 Å². The molecular formula is C20H17BrN2O4. The van der Waals surface area contributed by atoms with Gasteiger partial charge in [0, 0.05) is 10.0 Å². The number of carbonyl (C=O) groups is 1. The van der Waals surface area contributed by atoms with Gasteiger partial charge in [0.25, 0.3) is 5.91 Å². The summed E-state index contributed by atoms with van der Waals surface area (Å²) in [4.78, 5) is 12.3. The fourth-order valence-electron chi connectivity index (χ4n) is 2.59. The first-order chi connectivity index (χ1) is 13.0. The lowest BCUT2D eigenvalue weighted by Gasteiger charge is -2.09.